The third-order valence-electron chi connectivity index (χ3n) is 2.27. The molecule has 0 saturated carbocycles. The van der Waals surface area contributed by atoms with E-state index in [1.54, 1.807) is 7.11 Å². The number of rotatable bonds is 6. The first-order chi connectivity index (χ1) is 7.61. The largest absolute Gasteiger partial charge is 0.383 e. The second-order valence-corrected chi connectivity index (χ2v) is 4.48. The van der Waals surface area contributed by atoms with Crippen LogP contribution in [0.25, 0.3) is 0 Å². The molecule has 0 aliphatic heterocycles. The molecule has 16 heavy (non-hydrogen) atoms. The highest BCUT2D eigenvalue weighted by atomic mass is 35.5. The van der Waals surface area contributed by atoms with E-state index in [-0.39, 0.29) is 6.04 Å². The summed E-state index contributed by atoms with van der Waals surface area (Å²) >= 11 is 5.92. The lowest BCUT2D eigenvalue weighted by Crippen LogP contribution is -2.38. The number of nitrogens with zero attached hydrogens (tertiary/aromatic N) is 1. The number of hydrogen-bond acceptors (Lipinski definition) is 3. The van der Waals surface area contributed by atoms with Crippen molar-refractivity contribution >= 4 is 11.6 Å². The van der Waals surface area contributed by atoms with Crippen LogP contribution in [0.1, 0.15) is 5.56 Å². The molecule has 1 atom stereocenters. The molecule has 1 rings (SSSR count). The highest BCUT2D eigenvalue weighted by Crippen LogP contribution is 2.12. The number of ether oxygens (including phenoxy) is 1. The minimum absolute atomic E-state index is 0.0502. The monoisotopic (exact) mass is 242 g/mol. The summed E-state index contributed by atoms with van der Waals surface area (Å²) < 4.78 is 5.00. The summed E-state index contributed by atoms with van der Waals surface area (Å²) in [6, 6.07) is 7.92. The normalized spacial score (nSPS) is 13.1. The average molecular weight is 243 g/mol. The van der Waals surface area contributed by atoms with E-state index in [2.05, 4.69) is 11.0 Å². The Hall–Kier alpha value is -0.610. The lowest BCUT2D eigenvalue weighted by molar-refractivity contribution is 0.160. The maximum Gasteiger partial charge on any atom is 0.0626 e. The molecule has 0 radical (unpaired) electrons. The van der Waals surface area contributed by atoms with Crippen LogP contribution in [0.5, 0.6) is 0 Å². The second kappa shape index (κ2) is 6.86. The molecule has 4 heteroatoms. The third kappa shape index (κ3) is 4.94. The van der Waals surface area contributed by atoms with Gasteiger partial charge in [0.25, 0.3) is 0 Å². The summed E-state index contributed by atoms with van der Waals surface area (Å²) in [4.78, 5) is 2.16. The van der Waals surface area contributed by atoms with Gasteiger partial charge in [-0.2, -0.15) is 0 Å². The SMILES string of the molecule is COCC(N)CN(C)Cc1cccc(Cl)c1. The third-order valence-corrected chi connectivity index (χ3v) is 2.50. The Labute approximate surface area is 102 Å². The zero-order valence-electron chi connectivity index (χ0n) is 9.82. The number of halogens is 1. The second-order valence-electron chi connectivity index (χ2n) is 4.04. The lowest BCUT2D eigenvalue weighted by Gasteiger charge is -2.20. The van der Waals surface area contributed by atoms with Gasteiger partial charge >= 0.3 is 0 Å². The molecule has 0 fully saturated rings. The summed E-state index contributed by atoms with van der Waals surface area (Å²) in [6.45, 7) is 2.23. The molecule has 1 aromatic carbocycles. The number of methoxy groups -OCH3 is 1. The predicted molar refractivity (Wildman–Crippen MR) is 67.6 cm³/mol. The molecule has 3 nitrogen and oxygen atoms in total. The van der Waals surface area contributed by atoms with E-state index in [0.717, 1.165) is 18.1 Å². The quantitative estimate of drug-likeness (QED) is 0.826. The zero-order valence-corrected chi connectivity index (χ0v) is 10.6. The van der Waals surface area contributed by atoms with Crippen LogP contribution >= 0.6 is 11.6 Å². The molecule has 90 valence electrons. The first kappa shape index (κ1) is 13.5. The Balaban J connectivity index is 2.42. The van der Waals surface area contributed by atoms with Gasteiger partial charge in [-0.1, -0.05) is 23.7 Å². The van der Waals surface area contributed by atoms with Crippen molar-refractivity contribution in [3.05, 3.63) is 34.9 Å². The highest BCUT2D eigenvalue weighted by Gasteiger charge is 2.07. The predicted octanol–water partition coefficient (Wildman–Crippen LogP) is 1.75. The fraction of sp³-hybridized carbons (Fsp3) is 0.500. The van der Waals surface area contributed by atoms with E-state index in [1.807, 2.05) is 25.2 Å². The number of likely N-dealkylation sites (N-methyl/N-ethyl adjacent to an activating group) is 1. The van der Waals surface area contributed by atoms with Crippen molar-refractivity contribution in [3.8, 4) is 0 Å². The van der Waals surface area contributed by atoms with Crippen molar-refractivity contribution in [1.29, 1.82) is 0 Å². The van der Waals surface area contributed by atoms with Crippen LogP contribution in [0.3, 0.4) is 0 Å². The van der Waals surface area contributed by atoms with Gasteiger partial charge in [0.2, 0.25) is 0 Å². The smallest absolute Gasteiger partial charge is 0.0626 e. The van der Waals surface area contributed by atoms with E-state index in [9.17, 15) is 0 Å². The number of benzene rings is 1. The van der Waals surface area contributed by atoms with Gasteiger partial charge in [0, 0.05) is 31.3 Å². The van der Waals surface area contributed by atoms with E-state index in [0.29, 0.717) is 6.61 Å². The summed E-state index contributed by atoms with van der Waals surface area (Å²) in [7, 11) is 3.70. The Morgan fingerprint density at radius 2 is 2.25 bits per heavy atom. The van der Waals surface area contributed by atoms with Gasteiger partial charge in [-0.05, 0) is 24.7 Å². The molecule has 0 bridgehead atoms. The number of nitrogens with two attached hydrogens (primary N) is 1. The Bertz CT molecular complexity index is 320. The summed E-state index contributed by atoms with van der Waals surface area (Å²) in [5, 5.41) is 0.770. The molecule has 1 aromatic rings. The molecule has 2 N–H and O–H groups in total. The molecule has 0 saturated heterocycles. The van der Waals surface area contributed by atoms with Gasteiger partial charge in [-0.25, -0.2) is 0 Å². The van der Waals surface area contributed by atoms with Crippen LogP contribution in [0, 0.1) is 0 Å². The van der Waals surface area contributed by atoms with Crippen LogP contribution in [0.4, 0.5) is 0 Å². The zero-order chi connectivity index (χ0) is 12.0. The van der Waals surface area contributed by atoms with Gasteiger partial charge in [-0.3, -0.25) is 0 Å². The molecule has 0 aliphatic carbocycles. The molecule has 0 amide bonds. The fourth-order valence-electron chi connectivity index (χ4n) is 1.68. The van der Waals surface area contributed by atoms with E-state index >= 15 is 0 Å². The van der Waals surface area contributed by atoms with Gasteiger partial charge in [0.05, 0.1) is 6.61 Å². The minimum Gasteiger partial charge on any atom is -0.383 e. The Morgan fingerprint density at radius 3 is 2.88 bits per heavy atom. The van der Waals surface area contributed by atoms with Crippen molar-refractivity contribution < 1.29 is 4.74 Å². The first-order valence-corrected chi connectivity index (χ1v) is 5.67. The summed E-state index contributed by atoms with van der Waals surface area (Å²) in [6.07, 6.45) is 0. The van der Waals surface area contributed by atoms with Gasteiger partial charge in [0.15, 0.2) is 0 Å². The minimum atomic E-state index is 0.0502. The van der Waals surface area contributed by atoms with E-state index in [4.69, 9.17) is 22.1 Å². The van der Waals surface area contributed by atoms with Gasteiger partial charge in [-0.15, -0.1) is 0 Å². The van der Waals surface area contributed by atoms with Gasteiger partial charge in [0.1, 0.15) is 0 Å². The van der Waals surface area contributed by atoms with Crippen LogP contribution < -0.4 is 5.73 Å². The summed E-state index contributed by atoms with van der Waals surface area (Å²) in [5.74, 6) is 0. The standard InChI is InChI=1S/C12H19ClN2O/c1-15(8-12(14)9-16-2)7-10-4-3-5-11(13)6-10/h3-6,12H,7-9,14H2,1-2H3. The van der Waals surface area contributed by atoms with Crippen LogP contribution in [0.15, 0.2) is 24.3 Å². The maximum absolute atomic E-state index is 5.92. The van der Waals surface area contributed by atoms with Crippen molar-refractivity contribution in [3.63, 3.8) is 0 Å². The summed E-state index contributed by atoms with van der Waals surface area (Å²) in [5.41, 5.74) is 7.07. The van der Waals surface area contributed by atoms with E-state index in [1.165, 1.54) is 5.56 Å². The highest BCUT2D eigenvalue weighted by molar-refractivity contribution is 6.30. The first-order valence-electron chi connectivity index (χ1n) is 5.29. The van der Waals surface area contributed by atoms with Crippen molar-refractivity contribution in [2.75, 3.05) is 27.3 Å². The average Bonchev–Trinajstić information content (AvgIpc) is 2.17. The van der Waals surface area contributed by atoms with Crippen LogP contribution in [-0.2, 0) is 11.3 Å². The Morgan fingerprint density at radius 1 is 1.50 bits per heavy atom. The van der Waals surface area contributed by atoms with Gasteiger partial charge < -0.3 is 15.4 Å². The molecule has 0 spiro atoms. The number of hydrogen-bond donors (Lipinski definition) is 1. The van der Waals surface area contributed by atoms with Crippen molar-refractivity contribution in [1.82, 2.24) is 4.90 Å². The van der Waals surface area contributed by atoms with Crippen LogP contribution in [0.2, 0.25) is 5.02 Å². The van der Waals surface area contributed by atoms with Crippen molar-refractivity contribution in [2.24, 2.45) is 5.73 Å². The molecule has 0 aromatic heterocycles. The molecular weight excluding hydrogens is 224 g/mol. The molecule has 0 heterocycles. The van der Waals surface area contributed by atoms with E-state index < -0.39 is 0 Å². The van der Waals surface area contributed by atoms with Crippen LogP contribution in [-0.4, -0.2) is 38.3 Å². The molecule has 1 unspecified atom stereocenters. The molecular formula is C12H19ClN2O. The molecule has 0 aliphatic rings. The maximum atomic E-state index is 5.92. The Kier molecular flexibility index (Phi) is 5.77. The topological polar surface area (TPSA) is 38.5 Å². The lowest BCUT2D eigenvalue weighted by atomic mass is 10.2. The van der Waals surface area contributed by atoms with Crippen molar-refractivity contribution in [2.45, 2.75) is 12.6 Å². The fourth-order valence-corrected chi connectivity index (χ4v) is 1.89.